The van der Waals surface area contributed by atoms with Gasteiger partial charge in [0.25, 0.3) is 0 Å². The van der Waals surface area contributed by atoms with Crippen LogP contribution in [0.5, 0.6) is 0 Å². The number of rotatable bonds is 4. The summed E-state index contributed by atoms with van der Waals surface area (Å²) in [5.41, 5.74) is 0.802. The van der Waals surface area contributed by atoms with Gasteiger partial charge in [-0.25, -0.2) is 9.78 Å². The molecule has 0 saturated heterocycles. The van der Waals surface area contributed by atoms with Crippen molar-refractivity contribution in [2.45, 2.75) is 6.54 Å². The highest BCUT2D eigenvalue weighted by molar-refractivity contribution is 9.10. The molecule has 5 nitrogen and oxygen atoms in total. The molecule has 2 rings (SSSR count). The van der Waals surface area contributed by atoms with Gasteiger partial charge in [0.2, 0.25) is 5.89 Å². The van der Waals surface area contributed by atoms with Gasteiger partial charge in [-0.1, -0.05) is 12.1 Å². The van der Waals surface area contributed by atoms with E-state index in [9.17, 15) is 4.79 Å². The highest BCUT2D eigenvalue weighted by Gasteiger charge is 2.10. The topological polar surface area (TPSA) is 75.4 Å². The standard InChI is InChI=1S/C11H9BrN2O3/c12-7-3-1-2-4-8(7)13-5-10-14-9(6-17-10)11(15)16/h1-4,6,13H,5H2,(H,15,16). The van der Waals surface area contributed by atoms with E-state index in [1.54, 1.807) is 0 Å². The van der Waals surface area contributed by atoms with Crippen LogP contribution in [-0.2, 0) is 6.54 Å². The predicted octanol–water partition coefficient (Wildman–Crippen LogP) is 2.75. The summed E-state index contributed by atoms with van der Waals surface area (Å²) in [6.45, 7) is 0.329. The number of oxazole rings is 1. The van der Waals surface area contributed by atoms with Crippen LogP contribution in [0.1, 0.15) is 16.4 Å². The number of halogens is 1. The van der Waals surface area contributed by atoms with Gasteiger partial charge in [0.15, 0.2) is 5.69 Å². The molecule has 1 aromatic heterocycles. The highest BCUT2D eigenvalue weighted by atomic mass is 79.9. The van der Waals surface area contributed by atoms with Crippen molar-refractivity contribution in [1.82, 2.24) is 4.98 Å². The fourth-order valence-corrected chi connectivity index (χ4v) is 1.69. The summed E-state index contributed by atoms with van der Waals surface area (Å²) < 4.78 is 5.94. The molecule has 0 amide bonds. The molecule has 17 heavy (non-hydrogen) atoms. The van der Waals surface area contributed by atoms with E-state index in [0.29, 0.717) is 12.4 Å². The number of para-hydroxylation sites is 1. The number of nitrogens with zero attached hydrogens (tertiary/aromatic N) is 1. The first-order valence-corrected chi connectivity index (χ1v) is 5.62. The Balaban J connectivity index is 2.02. The fourth-order valence-electron chi connectivity index (χ4n) is 1.27. The zero-order chi connectivity index (χ0) is 12.3. The van der Waals surface area contributed by atoms with E-state index in [0.717, 1.165) is 16.4 Å². The monoisotopic (exact) mass is 296 g/mol. The number of anilines is 1. The van der Waals surface area contributed by atoms with Gasteiger partial charge in [0.05, 0.1) is 6.54 Å². The number of aromatic carboxylic acids is 1. The molecule has 0 spiro atoms. The highest BCUT2D eigenvalue weighted by Crippen LogP contribution is 2.21. The smallest absolute Gasteiger partial charge is 0.357 e. The lowest BCUT2D eigenvalue weighted by Gasteiger charge is -2.05. The van der Waals surface area contributed by atoms with Crippen LogP contribution in [0.25, 0.3) is 0 Å². The molecule has 0 aliphatic heterocycles. The van der Waals surface area contributed by atoms with Gasteiger partial charge in [-0.2, -0.15) is 0 Å². The molecule has 0 radical (unpaired) electrons. The Bertz CT molecular complexity index is 539. The van der Waals surface area contributed by atoms with Crippen molar-refractivity contribution >= 4 is 27.6 Å². The van der Waals surface area contributed by atoms with Crippen LogP contribution in [0.4, 0.5) is 5.69 Å². The number of aromatic nitrogens is 1. The Labute approximate surface area is 106 Å². The normalized spacial score (nSPS) is 10.2. The summed E-state index contributed by atoms with van der Waals surface area (Å²) in [5, 5.41) is 11.8. The minimum absolute atomic E-state index is 0.0890. The van der Waals surface area contributed by atoms with Crippen LogP contribution in [0.3, 0.4) is 0 Å². The van der Waals surface area contributed by atoms with Crippen LogP contribution in [-0.4, -0.2) is 16.1 Å². The molecule has 2 N–H and O–H groups in total. The second kappa shape index (κ2) is 5.01. The average Bonchev–Trinajstić information content (AvgIpc) is 2.77. The fraction of sp³-hybridized carbons (Fsp3) is 0.0909. The van der Waals surface area contributed by atoms with E-state index in [1.165, 1.54) is 0 Å². The maximum absolute atomic E-state index is 10.6. The zero-order valence-corrected chi connectivity index (χ0v) is 10.3. The number of carboxylic acids is 1. The van der Waals surface area contributed by atoms with Crippen molar-refractivity contribution in [3.8, 4) is 0 Å². The zero-order valence-electron chi connectivity index (χ0n) is 8.68. The Kier molecular flexibility index (Phi) is 3.43. The molecule has 1 aromatic carbocycles. The van der Waals surface area contributed by atoms with E-state index in [1.807, 2.05) is 24.3 Å². The number of hydrogen-bond donors (Lipinski definition) is 2. The maximum atomic E-state index is 10.6. The van der Waals surface area contributed by atoms with Crippen LogP contribution in [0.2, 0.25) is 0 Å². The van der Waals surface area contributed by atoms with Gasteiger partial charge in [0.1, 0.15) is 6.26 Å². The third-order valence-electron chi connectivity index (χ3n) is 2.07. The van der Waals surface area contributed by atoms with E-state index in [4.69, 9.17) is 9.52 Å². The molecule has 0 aliphatic carbocycles. The van der Waals surface area contributed by atoms with Crippen molar-refractivity contribution in [3.63, 3.8) is 0 Å². The van der Waals surface area contributed by atoms with Gasteiger partial charge in [-0.15, -0.1) is 0 Å². The lowest BCUT2D eigenvalue weighted by atomic mass is 10.3. The first-order chi connectivity index (χ1) is 8.16. The summed E-state index contributed by atoms with van der Waals surface area (Å²) in [6, 6.07) is 7.60. The quantitative estimate of drug-likeness (QED) is 0.907. The van der Waals surface area contributed by atoms with E-state index < -0.39 is 5.97 Å². The van der Waals surface area contributed by atoms with Crippen LogP contribution in [0.15, 0.2) is 39.4 Å². The van der Waals surface area contributed by atoms with Gasteiger partial charge in [-0.3, -0.25) is 0 Å². The Hall–Kier alpha value is -1.82. The van der Waals surface area contributed by atoms with Crippen LogP contribution in [0, 0.1) is 0 Å². The summed E-state index contributed by atoms with van der Waals surface area (Å²) in [7, 11) is 0. The van der Waals surface area contributed by atoms with Gasteiger partial charge in [0, 0.05) is 10.2 Å². The lowest BCUT2D eigenvalue weighted by Crippen LogP contribution is -2.02. The molecule has 0 atom stereocenters. The predicted molar refractivity (Wildman–Crippen MR) is 64.9 cm³/mol. The first-order valence-electron chi connectivity index (χ1n) is 4.83. The molecule has 0 fully saturated rings. The van der Waals surface area contributed by atoms with Gasteiger partial charge in [-0.05, 0) is 28.1 Å². The van der Waals surface area contributed by atoms with Crippen molar-refractivity contribution in [1.29, 1.82) is 0 Å². The van der Waals surface area contributed by atoms with Crippen molar-refractivity contribution in [2.24, 2.45) is 0 Å². The minimum atomic E-state index is -1.10. The van der Waals surface area contributed by atoms with Crippen molar-refractivity contribution in [3.05, 3.63) is 46.6 Å². The summed E-state index contributed by atoms with van der Waals surface area (Å²) in [4.78, 5) is 14.4. The van der Waals surface area contributed by atoms with Crippen LogP contribution >= 0.6 is 15.9 Å². The summed E-state index contributed by atoms with van der Waals surface area (Å²) in [6.07, 6.45) is 1.12. The van der Waals surface area contributed by atoms with E-state index in [-0.39, 0.29) is 5.69 Å². The number of benzene rings is 1. The summed E-state index contributed by atoms with van der Waals surface area (Å²) >= 11 is 3.39. The van der Waals surface area contributed by atoms with Gasteiger partial charge >= 0.3 is 5.97 Å². The first kappa shape index (κ1) is 11.7. The van der Waals surface area contributed by atoms with E-state index in [2.05, 4.69) is 26.2 Å². The Morgan fingerprint density at radius 1 is 1.47 bits per heavy atom. The maximum Gasteiger partial charge on any atom is 0.357 e. The van der Waals surface area contributed by atoms with Crippen LogP contribution < -0.4 is 5.32 Å². The molecule has 0 saturated carbocycles. The Morgan fingerprint density at radius 2 is 2.24 bits per heavy atom. The van der Waals surface area contributed by atoms with Crippen molar-refractivity contribution in [2.75, 3.05) is 5.32 Å². The van der Waals surface area contributed by atoms with E-state index >= 15 is 0 Å². The SMILES string of the molecule is O=C(O)c1coc(CNc2ccccc2Br)n1. The molecular formula is C11H9BrN2O3. The second-order valence-electron chi connectivity index (χ2n) is 3.27. The average molecular weight is 297 g/mol. The molecule has 1 heterocycles. The Morgan fingerprint density at radius 3 is 2.88 bits per heavy atom. The third-order valence-corrected chi connectivity index (χ3v) is 2.77. The number of carbonyl (C=O) groups is 1. The lowest BCUT2D eigenvalue weighted by molar-refractivity contribution is 0.0690. The second-order valence-corrected chi connectivity index (χ2v) is 4.12. The molecule has 0 bridgehead atoms. The molecule has 6 heteroatoms. The van der Waals surface area contributed by atoms with Gasteiger partial charge < -0.3 is 14.8 Å². The minimum Gasteiger partial charge on any atom is -0.476 e. The largest absolute Gasteiger partial charge is 0.476 e. The third kappa shape index (κ3) is 2.85. The molecular weight excluding hydrogens is 288 g/mol. The molecule has 0 unspecified atom stereocenters. The number of hydrogen-bond acceptors (Lipinski definition) is 4. The number of nitrogens with one attached hydrogen (secondary N) is 1. The summed E-state index contributed by atoms with van der Waals surface area (Å²) in [5.74, 6) is -0.765. The molecule has 0 aliphatic rings. The molecule has 88 valence electrons. The number of carboxylic acid groups (broad SMARTS) is 1. The van der Waals surface area contributed by atoms with Crippen molar-refractivity contribution < 1.29 is 14.3 Å². The molecule has 2 aromatic rings.